The molecule has 4 rings (SSSR count). The molecule has 0 radical (unpaired) electrons. The van der Waals surface area contributed by atoms with Gasteiger partial charge in [0.05, 0.1) is 17.0 Å². The standard InChI is InChI=1S/C26H27FN4O3S/c1-19-15-24(20(2)31(19)17-21-7-9-23(27)10-8-21)25(32)18-29-11-13-30(14-12-29)35(33,34)26-6-4-3-5-22(26)16-28/h3-10,15H,11-14,17-18H2,1-2H3. The maximum Gasteiger partial charge on any atom is 0.244 e. The molecular formula is C26H27FN4O3S. The van der Waals surface area contributed by atoms with Crippen LogP contribution in [-0.4, -0.2) is 60.7 Å². The van der Waals surface area contributed by atoms with Gasteiger partial charge in [0.2, 0.25) is 10.0 Å². The second kappa shape index (κ2) is 10.1. The molecule has 0 N–H and O–H groups in total. The Balaban J connectivity index is 1.40. The maximum absolute atomic E-state index is 13.2. The second-order valence-corrected chi connectivity index (χ2v) is 10.6. The van der Waals surface area contributed by atoms with Crippen LogP contribution in [0.2, 0.25) is 0 Å². The summed E-state index contributed by atoms with van der Waals surface area (Å²) in [6.07, 6.45) is 0. The van der Waals surface area contributed by atoms with Crippen LogP contribution in [0.4, 0.5) is 4.39 Å². The van der Waals surface area contributed by atoms with Crippen LogP contribution in [0.3, 0.4) is 0 Å². The second-order valence-electron chi connectivity index (χ2n) is 8.71. The summed E-state index contributed by atoms with van der Waals surface area (Å²) in [5, 5.41) is 9.27. The van der Waals surface area contributed by atoms with Gasteiger partial charge in [0.15, 0.2) is 5.78 Å². The summed E-state index contributed by atoms with van der Waals surface area (Å²) < 4.78 is 42.7. The minimum Gasteiger partial charge on any atom is -0.344 e. The Hall–Kier alpha value is -3.32. The minimum atomic E-state index is -3.78. The first-order chi connectivity index (χ1) is 16.7. The molecule has 0 saturated carbocycles. The lowest BCUT2D eigenvalue weighted by Gasteiger charge is -2.33. The largest absolute Gasteiger partial charge is 0.344 e. The van der Waals surface area contributed by atoms with E-state index in [0.29, 0.717) is 25.2 Å². The fourth-order valence-corrected chi connectivity index (χ4v) is 6.00. The molecule has 35 heavy (non-hydrogen) atoms. The van der Waals surface area contributed by atoms with Crippen molar-refractivity contribution < 1.29 is 17.6 Å². The lowest BCUT2D eigenvalue weighted by Crippen LogP contribution is -2.49. The van der Waals surface area contributed by atoms with E-state index in [-0.39, 0.29) is 41.7 Å². The van der Waals surface area contributed by atoms with Crippen molar-refractivity contribution in [3.63, 3.8) is 0 Å². The van der Waals surface area contributed by atoms with Crippen molar-refractivity contribution in [2.45, 2.75) is 25.3 Å². The molecule has 2 heterocycles. The molecule has 0 spiro atoms. The molecule has 0 bridgehead atoms. The van der Waals surface area contributed by atoms with Gasteiger partial charge in [0, 0.05) is 49.7 Å². The lowest BCUT2D eigenvalue weighted by molar-refractivity contribution is 0.0901. The van der Waals surface area contributed by atoms with Gasteiger partial charge in [-0.15, -0.1) is 0 Å². The Labute approximate surface area is 205 Å². The number of aromatic nitrogens is 1. The number of hydrogen-bond donors (Lipinski definition) is 0. The molecule has 0 unspecified atom stereocenters. The molecule has 3 aromatic rings. The Kier molecular flexibility index (Phi) is 7.17. The number of hydrogen-bond acceptors (Lipinski definition) is 5. The number of nitrogens with zero attached hydrogens (tertiary/aromatic N) is 4. The predicted molar refractivity (Wildman–Crippen MR) is 130 cm³/mol. The molecule has 1 aliphatic heterocycles. The van der Waals surface area contributed by atoms with E-state index in [1.165, 1.54) is 28.6 Å². The van der Waals surface area contributed by atoms with E-state index in [1.807, 2.05) is 35.5 Å². The smallest absolute Gasteiger partial charge is 0.244 e. The normalized spacial score (nSPS) is 15.1. The zero-order chi connectivity index (χ0) is 25.2. The monoisotopic (exact) mass is 494 g/mol. The van der Waals surface area contributed by atoms with Crippen LogP contribution < -0.4 is 0 Å². The fourth-order valence-electron chi connectivity index (χ4n) is 4.44. The van der Waals surface area contributed by atoms with Crippen LogP contribution >= 0.6 is 0 Å². The number of nitriles is 1. The first-order valence-corrected chi connectivity index (χ1v) is 12.8. The van der Waals surface area contributed by atoms with Crippen LogP contribution in [0, 0.1) is 31.0 Å². The molecule has 0 aliphatic carbocycles. The Morgan fingerprint density at radius 1 is 1.03 bits per heavy atom. The summed E-state index contributed by atoms with van der Waals surface area (Å²) in [6, 6.07) is 16.3. The SMILES string of the molecule is Cc1cc(C(=O)CN2CCN(S(=O)(=O)c3ccccc3C#N)CC2)c(C)n1Cc1ccc(F)cc1. The number of carbonyl (C=O) groups is 1. The highest BCUT2D eigenvalue weighted by Gasteiger charge is 2.31. The predicted octanol–water partition coefficient (Wildman–Crippen LogP) is 3.35. The van der Waals surface area contributed by atoms with E-state index >= 15 is 0 Å². The van der Waals surface area contributed by atoms with E-state index in [1.54, 1.807) is 24.3 Å². The molecule has 182 valence electrons. The van der Waals surface area contributed by atoms with Crippen molar-refractivity contribution in [3.05, 3.63) is 88.5 Å². The molecule has 0 atom stereocenters. The van der Waals surface area contributed by atoms with E-state index in [0.717, 1.165) is 17.0 Å². The van der Waals surface area contributed by atoms with Gasteiger partial charge in [-0.25, -0.2) is 12.8 Å². The van der Waals surface area contributed by atoms with Gasteiger partial charge in [-0.2, -0.15) is 9.57 Å². The number of sulfonamides is 1. The van der Waals surface area contributed by atoms with Crippen LogP contribution in [0.25, 0.3) is 0 Å². The molecule has 2 aromatic carbocycles. The summed E-state index contributed by atoms with van der Waals surface area (Å²) in [4.78, 5) is 15.1. The Bertz CT molecular complexity index is 1380. The number of ketones is 1. The molecule has 1 saturated heterocycles. The van der Waals surface area contributed by atoms with Gasteiger partial charge in [0.25, 0.3) is 0 Å². The van der Waals surface area contributed by atoms with Crippen molar-refractivity contribution in [1.82, 2.24) is 13.8 Å². The number of halogens is 1. The van der Waals surface area contributed by atoms with Gasteiger partial charge in [-0.05, 0) is 49.7 Å². The van der Waals surface area contributed by atoms with Gasteiger partial charge < -0.3 is 4.57 Å². The quantitative estimate of drug-likeness (QED) is 0.470. The minimum absolute atomic E-state index is 0.0145. The highest BCUT2D eigenvalue weighted by atomic mass is 32.2. The van der Waals surface area contributed by atoms with Gasteiger partial charge in [-0.1, -0.05) is 24.3 Å². The van der Waals surface area contributed by atoms with Gasteiger partial charge in [-0.3, -0.25) is 9.69 Å². The maximum atomic E-state index is 13.2. The van der Waals surface area contributed by atoms with Crippen LogP contribution in [0.5, 0.6) is 0 Å². The first-order valence-electron chi connectivity index (χ1n) is 11.4. The number of carbonyl (C=O) groups excluding carboxylic acids is 1. The summed E-state index contributed by atoms with van der Waals surface area (Å²) in [5.74, 6) is -0.303. The van der Waals surface area contributed by atoms with E-state index in [2.05, 4.69) is 0 Å². The fraction of sp³-hybridized carbons (Fsp3) is 0.308. The van der Waals surface area contributed by atoms with Crippen LogP contribution in [0.1, 0.15) is 32.9 Å². The van der Waals surface area contributed by atoms with Crippen molar-refractivity contribution in [2.24, 2.45) is 0 Å². The molecule has 1 aromatic heterocycles. The number of piperazine rings is 1. The topological polar surface area (TPSA) is 86.4 Å². The third-order valence-electron chi connectivity index (χ3n) is 6.45. The molecule has 7 nitrogen and oxygen atoms in total. The van der Waals surface area contributed by atoms with Crippen molar-refractivity contribution >= 4 is 15.8 Å². The van der Waals surface area contributed by atoms with E-state index in [4.69, 9.17) is 0 Å². The number of rotatable bonds is 7. The third kappa shape index (κ3) is 5.20. The summed E-state index contributed by atoms with van der Waals surface area (Å²) >= 11 is 0. The first kappa shape index (κ1) is 24.8. The summed E-state index contributed by atoms with van der Waals surface area (Å²) in [6.45, 7) is 5.94. The van der Waals surface area contributed by atoms with Crippen LogP contribution in [0.15, 0.2) is 59.5 Å². The van der Waals surface area contributed by atoms with Crippen molar-refractivity contribution in [1.29, 1.82) is 5.26 Å². The number of aryl methyl sites for hydroxylation is 1. The molecule has 1 aliphatic rings. The van der Waals surface area contributed by atoms with Gasteiger partial charge >= 0.3 is 0 Å². The zero-order valence-corrected chi connectivity index (χ0v) is 20.6. The highest BCUT2D eigenvalue weighted by molar-refractivity contribution is 7.89. The Morgan fingerprint density at radius 2 is 1.69 bits per heavy atom. The molecule has 9 heteroatoms. The third-order valence-corrected chi connectivity index (χ3v) is 8.41. The zero-order valence-electron chi connectivity index (χ0n) is 19.7. The summed E-state index contributed by atoms with van der Waals surface area (Å²) in [5.41, 5.74) is 3.51. The molecular weight excluding hydrogens is 467 g/mol. The van der Waals surface area contributed by atoms with Crippen molar-refractivity contribution in [3.8, 4) is 6.07 Å². The average molecular weight is 495 g/mol. The number of Topliss-reactive ketones (excluding diaryl/α,β-unsaturated/α-hetero) is 1. The van der Waals surface area contributed by atoms with E-state index in [9.17, 15) is 22.9 Å². The van der Waals surface area contributed by atoms with Crippen LogP contribution in [-0.2, 0) is 16.6 Å². The van der Waals surface area contributed by atoms with Crippen molar-refractivity contribution in [2.75, 3.05) is 32.7 Å². The molecule has 0 amide bonds. The lowest BCUT2D eigenvalue weighted by atomic mass is 10.1. The van der Waals surface area contributed by atoms with E-state index < -0.39 is 10.0 Å². The number of benzene rings is 2. The average Bonchev–Trinajstić information content (AvgIpc) is 3.14. The summed E-state index contributed by atoms with van der Waals surface area (Å²) in [7, 11) is -3.78. The van der Waals surface area contributed by atoms with Gasteiger partial charge in [0.1, 0.15) is 11.9 Å². The Morgan fingerprint density at radius 3 is 2.34 bits per heavy atom. The molecule has 1 fully saturated rings. The highest BCUT2D eigenvalue weighted by Crippen LogP contribution is 2.22.